The quantitative estimate of drug-likeness (QED) is 0.879. The summed E-state index contributed by atoms with van der Waals surface area (Å²) in [5, 5.41) is 0. The third-order valence-electron chi connectivity index (χ3n) is 4.14. The van der Waals surface area contributed by atoms with Crippen molar-refractivity contribution in [1.82, 2.24) is 4.98 Å². The van der Waals surface area contributed by atoms with E-state index in [0.717, 1.165) is 44.6 Å². The maximum Gasteiger partial charge on any atom is 0.0876 e. The molecule has 0 bridgehead atoms. The fraction of sp³-hybridized carbons (Fsp3) is 0.667. The van der Waals surface area contributed by atoms with Gasteiger partial charge >= 0.3 is 0 Å². The zero-order valence-corrected chi connectivity index (χ0v) is 11.9. The maximum absolute atomic E-state index is 6.38. The van der Waals surface area contributed by atoms with Crippen LogP contribution < -0.4 is 5.73 Å². The van der Waals surface area contributed by atoms with Gasteiger partial charge in [-0.15, -0.1) is 0 Å². The number of nitrogens with zero attached hydrogens (tertiary/aromatic N) is 1. The van der Waals surface area contributed by atoms with Gasteiger partial charge < -0.3 is 15.2 Å². The molecule has 0 saturated carbocycles. The summed E-state index contributed by atoms with van der Waals surface area (Å²) in [5.41, 5.74) is 8.40. The monoisotopic (exact) mass is 264 g/mol. The van der Waals surface area contributed by atoms with Crippen LogP contribution in [-0.2, 0) is 22.3 Å². The summed E-state index contributed by atoms with van der Waals surface area (Å²) in [7, 11) is 1.75. The molecule has 2 heterocycles. The summed E-state index contributed by atoms with van der Waals surface area (Å²) >= 11 is 0. The largest absolute Gasteiger partial charge is 0.381 e. The number of pyridine rings is 1. The van der Waals surface area contributed by atoms with Gasteiger partial charge in [0, 0.05) is 57.5 Å². The number of methoxy groups -OCH3 is 1. The zero-order valence-electron chi connectivity index (χ0n) is 11.9. The summed E-state index contributed by atoms with van der Waals surface area (Å²) < 4.78 is 11.1. The van der Waals surface area contributed by atoms with Crippen LogP contribution in [0.4, 0.5) is 0 Å². The number of hydrogen-bond acceptors (Lipinski definition) is 4. The molecule has 0 spiro atoms. The molecular weight excluding hydrogens is 240 g/mol. The highest BCUT2D eigenvalue weighted by Crippen LogP contribution is 2.28. The van der Waals surface area contributed by atoms with Crippen molar-refractivity contribution in [2.75, 3.05) is 20.3 Å². The molecule has 1 aliphatic rings. The van der Waals surface area contributed by atoms with Crippen molar-refractivity contribution < 1.29 is 9.47 Å². The fourth-order valence-corrected chi connectivity index (χ4v) is 2.64. The predicted octanol–water partition coefficient (Wildman–Crippen LogP) is 1.71. The molecule has 0 aromatic carbocycles. The van der Waals surface area contributed by atoms with Crippen LogP contribution in [0.2, 0.25) is 0 Å². The van der Waals surface area contributed by atoms with E-state index in [9.17, 15) is 0 Å². The van der Waals surface area contributed by atoms with Crippen molar-refractivity contribution in [1.29, 1.82) is 0 Å². The Balaban J connectivity index is 2.03. The molecule has 4 heteroatoms. The third kappa shape index (κ3) is 3.32. The van der Waals surface area contributed by atoms with Gasteiger partial charge in [0.2, 0.25) is 0 Å². The minimum absolute atomic E-state index is 0.0404. The molecule has 0 radical (unpaired) electrons. The normalized spacial score (nSPS) is 20.2. The average molecular weight is 264 g/mol. The Morgan fingerprint density at radius 1 is 1.42 bits per heavy atom. The first kappa shape index (κ1) is 14.4. The molecule has 1 unspecified atom stereocenters. The van der Waals surface area contributed by atoms with E-state index in [2.05, 4.69) is 24.0 Å². The van der Waals surface area contributed by atoms with Crippen molar-refractivity contribution in [3.63, 3.8) is 0 Å². The molecule has 1 aliphatic heterocycles. The van der Waals surface area contributed by atoms with Crippen molar-refractivity contribution in [3.05, 3.63) is 29.6 Å². The number of ether oxygens (including phenoxy) is 2. The lowest BCUT2D eigenvalue weighted by atomic mass is 9.84. The van der Waals surface area contributed by atoms with Crippen LogP contribution in [0.15, 0.2) is 18.3 Å². The summed E-state index contributed by atoms with van der Waals surface area (Å²) in [6.07, 6.45) is 5.41. The first-order valence-corrected chi connectivity index (χ1v) is 7.02. The van der Waals surface area contributed by atoms with Crippen LogP contribution in [0.5, 0.6) is 0 Å². The Hall–Kier alpha value is -0.970. The molecule has 1 aromatic heterocycles. The summed E-state index contributed by atoms with van der Waals surface area (Å²) in [6, 6.07) is 4.15. The topological polar surface area (TPSA) is 57.4 Å². The molecule has 0 amide bonds. The van der Waals surface area contributed by atoms with E-state index in [1.54, 1.807) is 7.11 Å². The van der Waals surface area contributed by atoms with Gasteiger partial charge in [0.15, 0.2) is 0 Å². The van der Waals surface area contributed by atoms with Crippen LogP contribution >= 0.6 is 0 Å². The van der Waals surface area contributed by atoms with Gasteiger partial charge in [-0.2, -0.15) is 0 Å². The summed E-state index contributed by atoms with van der Waals surface area (Å²) in [6.45, 7) is 3.58. The third-order valence-corrected chi connectivity index (χ3v) is 4.14. The van der Waals surface area contributed by atoms with E-state index >= 15 is 0 Å². The van der Waals surface area contributed by atoms with Crippen molar-refractivity contribution in [3.8, 4) is 0 Å². The van der Waals surface area contributed by atoms with Gasteiger partial charge in [0.25, 0.3) is 0 Å². The second kappa shape index (κ2) is 6.46. The number of aromatic nitrogens is 1. The molecule has 0 aliphatic carbocycles. The van der Waals surface area contributed by atoms with E-state index in [1.165, 1.54) is 5.56 Å². The summed E-state index contributed by atoms with van der Waals surface area (Å²) in [4.78, 5) is 4.48. The van der Waals surface area contributed by atoms with Gasteiger partial charge in [-0.05, 0) is 18.1 Å². The number of nitrogens with two attached hydrogens (primary N) is 1. The molecular formula is C15H24N2O2. The number of aryl methyl sites for hydroxylation is 1. The Bertz CT molecular complexity index is 386. The Kier molecular flexibility index (Phi) is 4.91. The SMILES string of the molecule is CCc1ccc(CC(N)C2(OC)CCOCC2)nc1. The van der Waals surface area contributed by atoms with Crippen molar-refractivity contribution in [2.45, 2.75) is 44.2 Å². The average Bonchev–Trinajstić information content (AvgIpc) is 2.48. The molecule has 106 valence electrons. The van der Waals surface area contributed by atoms with Crippen LogP contribution in [0.3, 0.4) is 0 Å². The van der Waals surface area contributed by atoms with Crippen molar-refractivity contribution >= 4 is 0 Å². The minimum atomic E-state index is -0.261. The highest BCUT2D eigenvalue weighted by Gasteiger charge is 2.38. The predicted molar refractivity (Wildman–Crippen MR) is 75.1 cm³/mol. The highest BCUT2D eigenvalue weighted by atomic mass is 16.5. The minimum Gasteiger partial charge on any atom is -0.381 e. The molecule has 1 saturated heterocycles. The first-order chi connectivity index (χ1) is 9.20. The molecule has 2 N–H and O–H groups in total. The molecule has 1 aromatic rings. The smallest absolute Gasteiger partial charge is 0.0876 e. The van der Waals surface area contributed by atoms with E-state index in [-0.39, 0.29) is 11.6 Å². The second-order valence-electron chi connectivity index (χ2n) is 5.20. The maximum atomic E-state index is 6.38. The van der Waals surface area contributed by atoms with Gasteiger partial charge in [-0.25, -0.2) is 0 Å². The molecule has 1 fully saturated rings. The van der Waals surface area contributed by atoms with E-state index < -0.39 is 0 Å². The molecule has 4 nitrogen and oxygen atoms in total. The van der Waals surface area contributed by atoms with E-state index in [4.69, 9.17) is 15.2 Å². The molecule has 2 rings (SSSR count). The Morgan fingerprint density at radius 2 is 2.16 bits per heavy atom. The Labute approximate surface area is 115 Å². The van der Waals surface area contributed by atoms with Gasteiger partial charge in [0.05, 0.1) is 5.60 Å². The lowest BCUT2D eigenvalue weighted by Gasteiger charge is -2.40. The molecule has 1 atom stereocenters. The van der Waals surface area contributed by atoms with E-state index in [1.807, 2.05) is 6.20 Å². The van der Waals surface area contributed by atoms with Crippen LogP contribution in [-0.4, -0.2) is 37.0 Å². The number of hydrogen-bond donors (Lipinski definition) is 1. The van der Waals surface area contributed by atoms with E-state index in [0.29, 0.717) is 0 Å². The fourth-order valence-electron chi connectivity index (χ4n) is 2.64. The summed E-state index contributed by atoms with van der Waals surface area (Å²) in [5.74, 6) is 0. The van der Waals surface area contributed by atoms with Crippen LogP contribution in [0.25, 0.3) is 0 Å². The standard InChI is InChI=1S/C15H24N2O2/c1-3-12-4-5-13(17-11-12)10-14(16)15(18-2)6-8-19-9-7-15/h4-5,11,14H,3,6-10,16H2,1-2H3. The number of rotatable bonds is 5. The lowest BCUT2D eigenvalue weighted by Crippen LogP contribution is -2.54. The van der Waals surface area contributed by atoms with Crippen LogP contribution in [0.1, 0.15) is 31.0 Å². The highest BCUT2D eigenvalue weighted by molar-refractivity contribution is 5.15. The first-order valence-electron chi connectivity index (χ1n) is 7.02. The van der Waals surface area contributed by atoms with Crippen molar-refractivity contribution in [2.24, 2.45) is 5.73 Å². The molecule has 19 heavy (non-hydrogen) atoms. The van der Waals surface area contributed by atoms with Gasteiger partial charge in [-0.1, -0.05) is 13.0 Å². The van der Waals surface area contributed by atoms with Crippen LogP contribution in [0, 0.1) is 0 Å². The second-order valence-corrected chi connectivity index (χ2v) is 5.20. The Morgan fingerprint density at radius 3 is 2.68 bits per heavy atom. The van der Waals surface area contributed by atoms with Gasteiger partial charge in [0.1, 0.15) is 0 Å². The lowest BCUT2D eigenvalue weighted by molar-refractivity contribution is -0.103. The zero-order chi connectivity index (χ0) is 13.7. The van der Waals surface area contributed by atoms with Gasteiger partial charge in [-0.3, -0.25) is 4.98 Å².